The zero-order chi connectivity index (χ0) is 17.8. The van der Waals surface area contributed by atoms with Crippen LogP contribution in [0.3, 0.4) is 0 Å². The summed E-state index contributed by atoms with van der Waals surface area (Å²) in [6.07, 6.45) is 1.15. The van der Waals surface area contributed by atoms with Crippen molar-refractivity contribution >= 4 is 17.3 Å². The van der Waals surface area contributed by atoms with Gasteiger partial charge in [0.25, 0.3) is 0 Å². The molecule has 2 aromatic carbocycles. The molecule has 1 aliphatic rings. The molecule has 0 spiro atoms. The summed E-state index contributed by atoms with van der Waals surface area (Å²) in [4.78, 5) is 2.48. The quantitative estimate of drug-likeness (QED) is 0.749. The van der Waals surface area contributed by atoms with E-state index in [0.717, 1.165) is 36.8 Å². The highest BCUT2D eigenvalue weighted by atomic mass is 35.5. The van der Waals surface area contributed by atoms with Gasteiger partial charge >= 0.3 is 0 Å². The molecule has 0 amide bonds. The fraction of sp³-hybridized carbons (Fsp3) is 0.429. The lowest BCUT2D eigenvalue weighted by atomic mass is 9.93. The van der Waals surface area contributed by atoms with Crippen LogP contribution >= 0.6 is 11.6 Å². The molecule has 0 bridgehead atoms. The third-order valence-corrected chi connectivity index (χ3v) is 5.41. The van der Waals surface area contributed by atoms with Gasteiger partial charge in [0.15, 0.2) is 0 Å². The Morgan fingerprint density at radius 1 is 1.16 bits per heavy atom. The van der Waals surface area contributed by atoms with Crippen molar-refractivity contribution < 1.29 is 0 Å². The van der Waals surface area contributed by atoms with Crippen LogP contribution in [0.5, 0.6) is 0 Å². The fourth-order valence-electron chi connectivity index (χ4n) is 3.67. The lowest BCUT2D eigenvalue weighted by Gasteiger charge is -2.28. The average Bonchev–Trinajstić information content (AvgIpc) is 3.03. The van der Waals surface area contributed by atoms with Crippen LogP contribution in [0, 0.1) is 5.92 Å². The zero-order valence-corrected chi connectivity index (χ0v) is 15.8. The van der Waals surface area contributed by atoms with Gasteiger partial charge < -0.3 is 11.1 Å². The summed E-state index contributed by atoms with van der Waals surface area (Å²) in [7, 11) is 0. The fourth-order valence-corrected chi connectivity index (χ4v) is 3.86. The molecule has 2 aromatic rings. The Labute approximate surface area is 156 Å². The molecule has 1 aliphatic heterocycles. The molecule has 25 heavy (non-hydrogen) atoms. The highest BCUT2D eigenvalue weighted by molar-refractivity contribution is 6.31. The zero-order valence-electron chi connectivity index (χ0n) is 15.1. The van der Waals surface area contributed by atoms with Crippen LogP contribution in [0.4, 0.5) is 5.69 Å². The molecular weight excluding hydrogens is 330 g/mol. The van der Waals surface area contributed by atoms with Crippen LogP contribution < -0.4 is 11.1 Å². The number of nitrogens with zero attached hydrogens (tertiary/aromatic N) is 1. The van der Waals surface area contributed by atoms with Crippen LogP contribution in [-0.2, 0) is 6.54 Å². The van der Waals surface area contributed by atoms with E-state index in [0.29, 0.717) is 12.0 Å². The van der Waals surface area contributed by atoms with Gasteiger partial charge in [-0.05, 0) is 35.6 Å². The van der Waals surface area contributed by atoms with Crippen molar-refractivity contribution in [2.75, 3.05) is 18.8 Å². The topological polar surface area (TPSA) is 41.3 Å². The Hall–Kier alpha value is -1.55. The molecule has 4 heteroatoms. The predicted octanol–water partition coefficient (Wildman–Crippen LogP) is 4.48. The molecule has 0 radical (unpaired) electrons. The smallest absolute Gasteiger partial charge is 0.0451 e. The minimum Gasteiger partial charge on any atom is -0.398 e. The molecule has 1 heterocycles. The van der Waals surface area contributed by atoms with Gasteiger partial charge in [0.05, 0.1) is 0 Å². The van der Waals surface area contributed by atoms with Gasteiger partial charge in [-0.2, -0.15) is 0 Å². The van der Waals surface area contributed by atoms with E-state index in [9.17, 15) is 0 Å². The van der Waals surface area contributed by atoms with Crippen molar-refractivity contribution in [1.82, 2.24) is 10.2 Å². The molecule has 3 nitrogen and oxygen atoms in total. The number of para-hydroxylation sites is 1. The molecular formula is C21H28ClN3. The summed E-state index contributed by atoms with van der Waals surface area (Å²) < 4.78 is 0. The van der Waals surface area contributed by atoms with Crippen molar-refractivity contribution in [3.05, 3.63) is 64.7 Å². The lowest BCUT2D eigenvalue weighted by molar-refractivity contribution is 0.304. The van der Waals surface area contributed by atoms with E-state index < -0.39 is 0 Å². The molecule has 3 N–H and O–H groups in total. The molecule has 1 saturated heterocycles. The lowest BCUT2D eigenvalue weighted by Crippen LogP contribution is -2.37. The Morgan fingerprint density at radius 3 is 2.60 bits per heavy atom. The largest absolute Gasteiger partial charge is 0.398 e. The second-order valence-corrected chi connectivity index (χ2v) is 7.74. The van der Waals surface area contributed by atoms with Crippen LogP contribution in [0.2, 0.25) is 5.02 Å². The Bertz CT molecular complexity index is 701. The first-order valence-corrected chi connectivity index (χ1v) is 9.48. The second kappa shape index (κ2) is 8.22. The van der Waals surface area contributed by atoms with E-state index in [4.69, 9.17) is 17.3 Å². The molecule has 0 aromatic heterocycles. The molecule has 134 valence electrons. The standard InChI is InChI=1S/C21H28ClN3/c1-15(2)21(18-8-4-6-10-20(18)23)24-17-11-12-25(14-17)13-16-7-3-5-9-19(16)22/h3-10,15,17,21,24H,11-14,23H2,1-2H3. The predicted molar refractivity (Wildman–Crippen MR) is 107 cm³/mol. The maximum Gasteiger partial charge on any atom is 0.0451 e. The first-order chi connectivity index (χ1) is 12.0. The van der Waals surface area contributed by atoms with Gasteiger partial charge in [0.1, 0.15) is 0 Å². The van der Waals surface area contributed by atoms with Gasteiger partial charge in [0, 0.05) is 42.4 Å². The molecule has 0 aliphatic carbocycles. The summed E-state index contributed by atoms with van der Waals surface area (Å²) in [5.74, 6) is 0.488. The maximum absolute atomic E-state index is 6.31. The average molecular weight is 358 g/mol. The Morgan fingerprint density at radius 2 is 1.88 bits per heavy atom. The highest BCUT2D eigenvalue weighted by Gasteiger charge is 2.27. The number of likely N-dealkylation sites (tertiary alicyclic amines) is 1. The van der Waals surface area contributed by atoms with Crippen LogP contribution in [0.25, 0.3) is 0 Å². The van der Waals surface area contributed by atoms with E-state index in [1.165, 1.54) is 11.1 Å². The number of hydrogen-bond acceptors (Lipinski definition) is 3. The number of nitrogens with one attached hydrogen (secondary N) is 1. The van der Waals surface area contributed by atoms with E-state index >= 15 is 0 Å². The normalized spacial score (nSPS) is 19.4. The van der Waals surface area contributed by atoms with Crippen molar-refractivity contribution in [1.29, 1.82) is 0 Å². The van der Waals surface area contributed by atoms with Crippen LogP contribution in [-0.4, -0.2) is 24.0 Å². The van der Waals surface area contributed by atoms with Gasteiger partial charge in [0.2, 0.25) is 0 Å². The number of nitrogens with two attached hydrogens (primary N) is 1. The van der Waals surface area contributed by atoms with Crippen molar-refractivity contribution in [3.8, 4) is 0 Å². The van der Waals surface area contributed by atoms with E-state index in [1.807, 2.05) is 24.3 Å². The number of hydrogen-bond donors (Lipinski definition) is 2. The van der Waals surface area contributed by atoms with Gasteiger partial charge in [-0.15, -0.1) is 0 Å². The molecule has 1 fully saturated rings. The van der Waals surface area contributed by atoms with Crippen molar-refractivity contribution in [2.24, 2.45) is 5.92 Å². The summed E-state index contributed by atoms with van der Waals surface area (Å²) >= 11 is 6.31. The number of rotatable bonds is 6. The third kappa shape index (κ3) is 4.55. The van der Waals surface area contributed by atoms with E-state index in [-0.39, 0.29) is 6.04 Å². The SMILES string of the molecule is CC(C)C(NC1CCN(Cc2ccccc2Cl)C1)c1ccccc1N. The maximum atomic E-state index is 6.31. The van der Waals surface area contributed by atoms with Crippen molar-refractivity contribution in [3.63, 3.8) is 0 Å². The minimum absolute atomic E-state index is 0.284. The number of benzene rings is 2. The molecule has 0 saturated carbocycles. The summed E-state index contributed by atoms with van der Waals surface area (Å²) in [6, 6.07) is 17.1. The third-order valence-electron chi connectivity index (χ3n) is 5.04. The van der Waals surface area contributed by atoms with Crippen LogP contribution in [0.15, 0.2) is 48.5 Å². The van der Waals surface area contributed by atoms with Gasteiger partial charge in [-0.1, -0.05) is 61.8 Å². The Balaban J connectivity index is 1.63. The minimum atomic E-state index is 0.284. The van der Waals surface area contributed by atoms with E-state index in [2.05, 4.69) is 48.3 Å². The van der Waals surface area contributed by atoms with Gasteiger partial charge in [-0.25, -0.2) is 0 Å². The summed E-state index contributed by atoms with van der Waals surface area (Å²) in [6.45, 7) is 7.55. The summed E-state index contributed by atoms with van der Waals surface area (Å²) in [5.41, 5.74) is 9.51. The molecule has 2 unspecified atom stereocenters. The number of anilines is 1. The number of halogens is 1. The van der Waals surface area contributed by atoms with E-state index in [1.54, 1.807) is 0 Å². The van der Waals surface area contributed by atoms with Gasteiger partial charge in [-0.3, -0.25) is 4.90 Å². The Kier molecular flexibility index (Phi) is 6.00. The molecule has 3 rings (SSSR count). The number of nitrogen functional groups attached to an aromatic ring is 1. The second-order valence-electron chi connectivity index (χ2n) is 7.33. The first kappa shape index (κ1) is 18.2. The first-order valence-electron chi connectivity index (χ1n) is 9.11. The monoisotopic (exact) mass is 357 g/mol. The summed E-state index contributed by atoms with van der Waals surface area (Å²) in [5, 5.41) is 4.71. The highest BCUT2D eigenvalue weighted by Crippen LogP contribution is 2.28. The van der Waals surface area contributed by atoms with Crippen molar-refractivity contribution in [2.45, 2.75) is 38.9 Å². The molecule has 2 atom stereocenters. The van der Waals surface area contributed by atoms with Crippen LogP contribution in [0.1, 0.15) is 37.4 Å².